The fraction of sp³-hybridized carbons (Fsp3) is 0.267. The van der Waals surface area contributed by atoms with E-state index >= 15 is 0 Å². The quantitative estimate of drug-likeness (QED) is 0.931. The monoisotopic (exact) mass is 320 g/mol. The number of hydrogen-bond acceptors (Lipinski definition) is 3. The van der Waals surface area contributed by atoms with Crippen molar-refractivity contribution in [3.63, 3.8) is 0 Å². The first-order valence-corrected chi connectivity index (χ1v) is 6.99. The predicted molar refractivity (Wildman–Crippen MR) is 80.5 cm³/mol. The average molecular weight is 321 g/mol. The summed E-state index contributed by atoms with van der Waals surface area (Å²) < 4.78 is 6.72. The fourth-order valence-corrected chi connectivity index (χ4v) is 2.21. The highest BCUT2D eigenvalue weighted by Gasteiger charge is 2.07. The van der Waals surface area contributed by atoms with Gasteiger partial charge in [0, 0.05) is 17.8 Å². The van der Waals surface area contributed by atoms with Crippen LogP contribution in [0.1, 0.15) is 18.1 Å². The van der Waals surface area contributed by atoms with Crippen molar-refractivity contribution in [2.45, 2.75) is 26.3 Å². The van der Waals surface area contributed by atoms with Gasteiger partial charge in [-0.1, -0.05) is 12.1 Å². The molecule has 2 N–H and O–H groups in total. The third-order valence-corrected chi connectivity index (χ3v) is 3.34. The Morgan fingerprint density at radius 2 is 2.11 bits per heavy atom. The first kappa shape index (κ1) is 14.0. The molecule has 0 amide bonds. The van der Waals surface area contributed by atoms with E-state index in [9.17, 15) is 0 Å². The summed E-state index contributed by atoms with van der Waals surface area (Å²) in [5, 5.41) is 0. The zero-order chi connectivity index (χ0) is 13.8. The molecule has 1 heterocycles. The number of nitrogens with zero attached hydrogens (tertiary/aromatic N) is 1. The zero-order valence-corrected chi connectivity index (χ0v) is 12.6. The molecule has 19 heavy (non-hydrogen) atoms. The van der Waals surface area contributed by atoms with Crippen LogP contribution in [0.2, 0.25) is 0 Å². The van der Waals surface area contributed by atoms with Crippen LogP contribution in [0.5, 0.6) is 11.6 Å². The first-order chi connectivity index (χ1) is 9.06. The Kier molecular flexibility index (Phi) is 4.56. The van der Waals surface area contributed by atoms with Gasteiger partial charge >= 0.3 is 0 Å². The molecule has 4 heteroatoms. The molecule has 1 aromatic carbocycles. The van der Waals surface area contributed by atoms with Crippen LogP contribution in [0.25, 0.3) is 0 Å². The van der Waals surface area contributed by atoms with Gasteiger partial charge in [0.2, 0.25) is 5.88 Å². The number of rotatable bonds is 4. The Balaban J connectivity index is 2.20. The van der Waals surface area contributed by atoms with E-state index in [1.807, 2.05) is 44.3 Å². The smallest absolute Gasteiger partial charge is 0.222 e. The molecule has 2 rings (SSSR count). The maximum absolute atomic E-state index is 5.81. The molecule has 1 aromatic heterocycles. The minimum atomic E-state index is 0.135. The van der Waals surface area contributed by atoms with Crippen LogP contribution in [-0.4, -0.2) is 11.0 Å². The van der Waals surface area contributed by atoms with Gasteiger partial charge in [-0.05, 0) is 60.0 Å². The molecule has 2 aromatic rings. The van der Waals surface area contributed by atoms with Crippen LogP contribution in [0.15, 0.2) is 41.0 Å². The summed E-state index contributed by atoms with van der Waals surface area (Å²) in [4.78, 5) is 4.37. The Bertz CT molecular complexity index is 570. The molecule has 0 saturated carbocycles. The number of para-hydroxylation sites is 1. The zero-order valence-electron chi connectivity index (χ0n) is 11.1. The number of aromatic nitrogens is 1. The molecule has 1 atom stereocenters. The second-order valence-electron chi connectivity index (χ2n) is 4.68. The summed E-state index contributed by atoms with van der Waals surface area (Å²) in [6.45, 7) is 3.98. The largest absolute Gasteiger partial charge is 0.438 e. The number of ether oxygens (including phenoxy) is 1. The SMILES string of the molecule is Cc1cc(CC(C)N)cnc1Oc1ccccc1Br. The molecule has 0 aliphatic heterocycles. The van der Waals surface area contributed by atoms with E-state index in [1.54, 1.807) is 0 Å². The van der Waals surface area contributed by atoms with Gasteiger partial charge in [0.05, 0.1) is 4.47 Å². The van der Waals surface area contributed by atoms with E-state index in [2.05, 4.69) is 27.0 Å². The van der Waals surface area contributed by atoms with Gasteiger partial charge in [-0.25, -0.2) is 4.98 Å². The minimum absolute atomic E-state index is 0.135. The maximum Gasteiger partial charge on any atom is 0.222 e. The number of aryl methyl sites for hydroxylation is 1. The van der Waals surface area contributed by atoms with Gasteiger partial charge in [0.25, 0.3) is 0 Å². The van der Waals surface area contributed by atoms with E-state index in [0.717, 1.165) is 27.8 Å². The van der Waals surface area contributed by atoms with Crippen LogP contribution in [0, 0.1) is 6.92 Å². The van der Waals surface area contributed by atoms with Crippen molar-refractivity contribution in [2.75, 3.05) is 0 Å². The molecule has 1 unspecified atom stereocenters. The topological polar surface area (TPSA) is 48.1 Å². The molecule has 100 valence electrons. The summed E-state index contributed by atoms with van der Waals surface area (Å²) in [6.07, 6.45) is 2.64. The molecule has 0 aliphatic rings. The highest BCUT2D eigenvalue weighted by molar-refractivity contribution is 9.10. The second kappa shape index (κ2) is 6.17. The summed E-state index contributed by atoms with van der Waals surface area (Å²) >= 11 is 3.46. The lowest BCUT2D eigenvalue weighted by molar-refractivity contribution is 0.455. The van der Waals surface area contributed by atoms with E-state index < -0.39 is 0 Å². The summed E-state index contributed by atoms with van der Waals surface area (Å²) in [5.41, 5.74) is 7.93. The third-order valence-electron chi connectivity index (χ3n) is 2.69. The molecule has 0 radical (unpaired) electrons. The van der Waals surface area contributed by atoms with Crippen LogP contribution in [0.4, 0.5) is 0 Å². The highest BCUT2D eigenvalue weighted by Crippen LogP contribution is 2.29. The van der Waals surface area contributed by atoms with Crippen molar-refractivity contribution in [2.24, 2.45) is 5.73 Å². The Morgan fingerprint density at radius 1 is 1.37 bits per heavy atom. The second-order valence-corrected chi connectivity index (χ2v) is 5.53. The lowest BCUT2D eigenvalue weighted by Gasteiger charge is -2.11. The minimum Gasteiger partial charge on any atom is -0.438 e. The third kappa shape index (κ3) is 3.78. The average Bonchev–Trinajstić information content (AvgIpc) is 2.34. The molecule has 3 nitrogen and oxygen atoms in total. The van der Waals surface area contributed by atoms with Crippen molar-refractivity contribution >= 4 is 15.9 Å². The maximum atomic E-state index is 5.81. The van der Waals surface area contributed by atoms with E-state index in [4.69, 9.17) is 10.5 Å². The number of hydrogen-bond donors (Lipinski definition) is 1. The molecular weight excluding hydrogens is 304 g/mol. The highest BCUT2D eigenvalue weighted by atomic mass is 79.9. The summed E-state index contributed by atoms with van der Waals surface area (Å²) in [5.74, 6) is 1.39. The summed E-state index contributed by atoms with van der Waals surface area (Å²) in [6, 6.07) is 9.93. The Labute approximate surface area is 121 Å². The van der Waals surface area contributed by atoms with Gasteiger partial charge in [0.15, 0.2) is 0 Å². The van der Waals surface area contributed by atoms with Gasteiger partial charge in [-0.2, -0.15) is 0 Å². The van der Waals surface area contributed by atoms with Crippen molar-refractivity contribution in [3.8, 4) is 11.6 Å². The number of pyridine rings is 1. The lowest BCUT2D eigenvalue weighted by Crippen LogP contribution is -2.17. The van der Waals surface area contributed by atoms with E-state index in [0.29, 0.717) is 5.88 Å². The lowest BCUT2D eigenvalue weighted by atomic mass is 10.1. The molecule has 0 saturated heterocycles. The Morgan fingerprint density at radius 3 is 2.74 bits per heavy atom. The van der Waals surface area contributed by atoms with Crippen molar-refractivity contribution in [1.29, 1.82) is 0 Å². The molecule has 0 aliphatic carbocycles. The van der Waals surface area contributed by atoms with Gasteiger partial charge < -0.3 is 10.5 Å². The molecular formula is C15H17BrN2O. The number of halogens is 1. The number of benzene rings is 1. The van der Waals surface area contributed by atoms with Crippen LogP contribution in [-0.2, 0) is 6.42 Å². The van der Waals surface area contributed by atoms with Crippen molar-refractivity contribution < 1.29 is 4.74 Å². The first-order valence-electron chi connectivity index (χ1n) is 6.19. The van der Waals surface area contributed by atoms with Gasteiger partial charge in [0.1, 0.15) is 5.75 Å². The summed E-state index contributed by atoms with van der Waals surface area (Å²) in [7, 11) is 0. The Hall–Kier alpha value is -1.39. The van der Waals surface area contributed by atoms with Gasteiger partial charge in [-0.15, -0.1) is 0 Å². The predicted octanol–water partition coefficient (Wildman–Crippen LogP) is 3.83. The van der Waals surface area contributed by atoms with Crippen LogP contribution < -0.4 is 10.5 Å². The van der Waals surface area contributed by atoms with Crippen molar-refractivity contribution in [3.05, 3.63) is 52.1 Å². The van der Waals surface area contributed by atoms with Crippen LogP contribution in [0.3, 0.4) is 0 Å². The van der Waals surface area contributed by atoms with E-state index in [-0.39, 0.29) is 6.04 Å². The van der Waals surface area contributed by atoms with Crippen LogP contribution >= 0.6 is 15.9 Å². The van der Waals surface area contributed by atoms with Gasteiger partial charge in [-0.3, -0.25) is 0 Å². The van der Waals surface area contributed by atoms with E-state index in [1.165, 1.54) is 0 Å². The van der Waals surface area contributed by atoms with Crippen molar-refractivity contribution in [1.82, 2.24) is 4.98 Å². The number of nitrogens with two attached hydrogens (primary N) is 1. The molecule has 0 spiro atoms. The molecule has 0 fully saturated rings. The normalized spacial score (nSPS) is 12.2. The fourth-order valence-electron chi connectivity index (χ4n) is 1.84. The standard InChI is InChI=1S/C15H17BrN2O/c1-10-7-12(8-11(2)17)9-18-15(10)19-14-6-4-3-5-13(14)16/h3-7,9,11H,8,17H2,1-2H3. The molecule has 0 bridgehead atoms.